The maximum Gasteiger partial charge on any atom is 0.414 e. The molecule has 24 heavy (non-hydrogen) atoms. The molecule has 7 heteroatoms. The Hall–Kier alpha value is -1.86. The Bertz CT molecular complexity index is 588. The summed E-state index contributed by atoms with van der Waals surface area (Å²) in [6.07, 6.45) is 1.68. The lowest BCUT2D eigenvalue weighted by molar-refractivity contribution is -0.161. The Balaban J connectivity index is 2.39. The highest BCUT2D eigenvalue weighted by Crippen LogP contribution is 2.32. The zero-order valence-electron chi connectivity index (χ0n) is 15.1. The molecule has 0 aromatic carbocycles. The van der Waals surface area contributed by atoms with Crippen molar-refractivity contribution in [1.82, 2.24) is 9.80 Å². The summed E-state index contributed by atoms with van der Waals surface area (Å²) in [4.78, 5) is 27.4. The van der Waals surface area contributed by atoms with E-state index in [9.17, 15) is 14.7 Å². The van der Waals surface area contributed by atoms with Crippen LogP contribution in [-0.2, 0) is 14.3 Å². The van der Waals surface area contributed by atoms with Crippen LogP contribution in [0.15, 0.2) is 23.4 Å². The summed E-state index contributed by atoms with van der Waals surface area (Å²) in [7, 11) is 3.78. The Morgan fingerprint density at radius 1 is 1.38 bits per heavy atom. The van der Waals surface area contributed by atoms with Gasteiger partial charge in [-0.2, -0.15) is 0 Å². The van der Waals surface area contributed by atoms with Gasteiger partial charge < -0.3 is 19.5 Å². The molecular weight excluding hydrogens is 312 g/mol. The number of aliphatic carboxylic acids is 1. The molecule has 0 aromatic rings. The van der Waals surface area contributed by atoms with Crippen LogP contribution in [0.5, 0.6) is 0 Å². The number of hydrogen-bond donors (Lipinski definition) is 1. The monoisotopic (exact) mass is 338 g/mol. The number of carbonyl (C=O) groups excluding carboxylic acids is 1. The fourth-order valence-corrected chi connectivity index (χ4v) is 2.82. The zero-order chi connectivity index (χ0) is 18.2. The molecule has 0 bridgehead atoms. The summed E-state index contributed by atoms with van der Waals surface area (Å²) in [6, 6.07) is -0.155. The number of morpholine rings is 1. The molecule has 1 saturated heterocycles. The number of allylic oxidation sites excluding steroid dienone is 2. The van der Waals surface area contributed by atoms with Gasteiger partial charge in [0.1, 0.15) is 11.7 Å². The van der Waals surface area contributed by atoms with Crippen molar-refractivity contribution in [1.29, 1.82) is 0 Å². The molecule has 2 aliphatic rings. The molecule has 1 heterocycles. The molecule has 1 fully saturated rings. The molecule has 7 nitrogen and oxygen atoms in total. The SMILES string of the molecule is CC1=CC(N(C)C)C2OC(C(=O)O)CN(C(=O)OC(C)(C)C)C2=C1. The van der Waals surface area contributed by atoms with Gasteiger partial charge in [0, 0.05) is 0 Å². The van der Waals surface area contributed by atoms with E-state index in [0.29, 0.717) is 5.70 Å². The summed E-state index contributed by atoms with van der Waals surface area (Å²) in [5.74, 6) is -1.09. The molecule has 1 N–H and O–H groups in total. The van der Waals surface area contributed by atoms with E-state index in [0.717, 1.165) is 5.57 Å². The van der Waals surface area contributed by atoms with Gasteiger partial charge in [-0.25, -0.2) is 9.59 Å². The number of rotatable bonds is 2. The molecule has 134 valence electrons. The Morgan fingerprint density at radius 2 is 2.00 bits per heavy atom. The number of carbonyl (C=O) groups is 2. The Labute approximate surface area is 142 Å². The number of likely N-dealkylation sites (N-methyl/N-ethyl adjacent to an activating group) is 1. The smallest absolute Gasteiger partial charge is 0.414 e. The topological polar surface area (TPSA) is 79.3 Å². The van der Waals surface area contributed by atoms with E-state index in [-0.39, 0.29) is 12.6 Å². The maximum absolute atomic E-state index is 12.6. The van der Waals surface area contributed by atoms with E-state index in [1.54, 1.807) is 20.8 Å². The van der Waals surface area contributed by atoms with Crippen molar-refractivity contribution in [3.05, 3.63) is 23.4 Å². The van der Waals surface area contributed by atoms with Crippen LogP contribution in [0.4, 0.5) is 4.79 Å². The number of fused-ring (bicyclic) bond motifs is 1. The van der Waals surface area contributed by atoms with E-state index in [1.165, 1.54) is 4.90 Å². The minimum atomic E-state index is -1.09. The first kappa shape index (κ1) is 18.5. The van der Waals surface area contributed by atoms with Gasteiger partial charge in [-0.3, -0.25) is 4.90 Å². The van der Waals surface area contributed by atoms with Crippen molar-refractivity contribution in [2.24, 2.45) is 0 Å². The van der Waals surface area contributed by atoms with Crippen molar-refractivity contribution in [2.45, 2.75) is 51.5 Å². The number of carboxylic acid groups (broad SMARTS) is 1. The predicted octanol–water partition coefficient (Wildman–Crippen LogP) is 1.85. The first-order chi connectivity index (χ1) is 11.0. The van der Waals surface area contributed by atoms with Crippen molar-refractivity contribution in [3.63, 3.8) is 0 Å². The maximum atomic E-state index is 12.6. The lowest BCUT2D eigenvalue weighted by Gasteiger charge is -2.44. The molecule has 3 atom stereocenters. The van der Waals surface area contributed by atoms with Crippen molar-refractivity contribution in [2.75, 3.05) is 20.6 Å². The third-order valence-electron chi connectivity index (χ3n) is 3.87. The highest BCUT2D eigenvalue weighted by atomic mass is 16.6. The fraction of sp³-hybridized carbons (Fsp3) is 0.647. The van der Waals surface area contributed by atoms with E-state index >= 15 is 0 Å². The van der Waals surface area contributed by atoms with Crippen molar-refractivity contribution in [3.8, 4) is 0 Å². The molecule has 0 spiro atoms. The molecule has 3 unspecified atom stereocenters. The van der Waals surface area contributed by atoms with Crippen LogP contribution in [0.3, 0.4) is 0 Å². The number of amides is 1. The molecule has 0 saturated carbocycles. The molecular formula is C17H26N2O5. The lowest BCUT2D eigenvalue weighted by atomic mass is 9.94. The van der Waals surface area contributed by atoms with Gasteiger partial charge in [-0.1, -0.05) is 11.6 Å². The van der Waals surface area contributed by atoms with Crippen LogP contribution >= 0.6 is 0 Å². The van der Waals surface area contributed by atoms with Gasteiger partial charge in [0.2, 0.25) is 0 Å². The van der Waals surface area contributed by atoms with Gasteiger partial charge in [-0.15, -0.1) is 0 Å². The van der Waals surface area contributed by atoms with Crippen molar-refractivity contribution < 1.29 is 24.2 Å². The minimum absolute atomic E-state index is 0.0694. The number of ether oxygens (including phenoxy) is 2. The Kier molecular flexibility index (Phi) is 5.05. The largest absolute Gasteiger partial charge is 0.479 e. The summed E-state index contributed by atoms with van der Waals surface area (Å²) >= 11 is 0. The second-order valence-corrected chi connectivity index (χ2v) is 7.41. The van der Waals surface area contributed by atoms with Crippen LogP contribution < -0.4 is 0 Å². The molecule has 1 aliphatic carbocycles. The van der Waals surface area contributed by atoms with Crippen LogP contribution in [0, 0.1) is 0 Å². The van der Waals surface area contributed by atoms with Gasteiger partial charge in [0.05, 0.1) is 18.3 Å². The highest BCUT2D eigenvalue weighted by molar-refractivity contribution is 5.77. The van der Waals surface area contributed by atoms with Crippen LogP contribution in [0.2, 0.25) is 0 Å². The summed E-state index contributed by atoms with van der Waals surface area (Å²) in [5, 5.41) is 9.39. The van der Waals surface area contributed by atoms with Crippen molar-refractivity contribution >= 4 is 12.1 Å². The zero-order valence-corrected chi connectivity index (χ0v) is 15.1. The minimum Gasteiger partial charge on any atom is -0.479 e. The first-order valence-corrected chi connectivity index (χ1v) is 7.95. The quantitative estimate of drug-likeness (QED) is 0.828. The summed E-state index contributed by atoms with van der Waals surface area (Å²) in [6.45, 7) is 7.21. The lowest BCUT2D eigenvalue weighted by Crippen LogP contribution is -2.57. The van der Waals surface area contributed by atoms with Crippen LogP contribution in [-0.4, -0.2) is 71.5 Å². The molecule has 1 amide bonds. The Morgan fingerprint density at radius 3 is 2.50 bits per heavy atom. The third kappa shape index (κ3) is 3.96. The number of hydrogen-bond acceptors (Lipinski definition) is 5. The number of carboxylic acids is 1. The van der Waals surface area contributed by atoms with Gasteiger partial charge in [0.25, 0.3) is 0 Å². The molecule has 0 radical (unpaired) electrons. The van der Waals surface area contributed by atoms with Crippen LogP contribution in [0.25, 0.3) is 0 Å². The van der Waals surface area contributed by atoms with E-state index < -0.39 is 29.9 Å². The van der Waals surface area contributed by atoms with E-state index in [2.05, 4.69) is 0 Å². The highest BCUT2D eigenvalue weighted by Gasteiger charge is 2.44. The predicted molar refractivity (Wildman–Crippen MR) is 88.6 cm³/mol. The molecule has 2 rings (SSSR count). The van der Waals surface area contributed by atoms with Gasteiger partial charge in [-0.05, 0) is 47.9 Å². The normalized spacial score (nSPS) is 27.3. The fourth-order valence-electron chi connectivity index (χ4n) is 2.82. The van der Waals surface area contributed by atoms with E-state index in [4.69, 9.17) is 9.47 Å². The van der Waals surface area contributed by atoms with Crippen LogP contribution in [0.1, 0.15) is 27.7 Å². The summed E-state index contributed by atoms with van der Waals surface area (Å²) in [5.41, 5.74) is 0.969. The second-order valence-electron chi connectivity index (χ2n) is 7.41. The average molecular weight is 338 g/mol. The van der Waals surface area contributed by atoms with E-state index in [1.807, 2.05) is 38.1 Å². The number of nitrogens with zero attached hydrogens (tertiary/aromatic N) is 2. The molecule has 1 aliphatic heterocycles. The van der Waals surface area contributed by atoms with Gasteiger partial charge >= 0.3 is 12.1 Å². The van der Waals surface area contributed by atoms with Gasteiger partial charge in [0.15, 0.2) is 6.10 Å². The average Bonchev–Trinajstić information content (AvgIpc) is 2.43. The second kappa shape index (κ2) is 6.57. The third-order valence-corrected chi connectivity index (χ3v) is 3.87. The first-order valence-electron chi connectivity index (χ1n) is 7.95. The standard InChI is InChI=1S/C17H26N2O5/c1-10-7-11(18(5)6)14-12(8-10)19(9-13(23-14)15(20)21)16(22)24-17(2,3)4/h7-8,11,13-14H,9H2,1-6H3,(H,20,21). The summed E-state index contributed by atoms with van der Waals surface area (Å²) < 4.78 is 11.2. The molecule has 0 aromatic heterocycles.